The molecule has 2 aromatic heterocycles. The summed E-state index contributed by atoms with van der Waals surface area (Å²) in [6.45, 7) is 4.16. The van der Waals surface area contributed by atoms with Gasteiger partial charge in [0.1, 0.15) is 11.3 Å². The average molecular weight is 217 g/mol. The molecule has 4 nitrogen and oxygen atoms in total. The second kappa shape index (κ2) is 3.20. The van der Waals surface area contributed by atoms with Crippen molar-refractivity contribution in [1.29, 1.82) is 0 Å². The van der Waals surface area contributed by atoms with Gasteiger partial charge in [0.15, 0.2) is 0 Å². The molecule has 0 radical (unpaired) electrons. The molecule has 1 fully saturated rings. The van der Waals surface area contributed by atoms with E-state index in [9.17, 15) is 4.79 Å². The summed E-state index contributed by atoms with van der Waals surface area (Å²) in [7, 11) is 0. The van der Waals surface area contributed by atoms with Gasteiger partial charge in [0.2, 0.25) is 0 Å². The number of aromatic amines is 1. The van der Waals surface area contributed by atoms with Crippen LogP contribution in [0.2, 0.25) is 0 Å². The maximum absolute atomic E-state index is 11.7. The number of hydrogen-bond donors (Lipinski definition) is 1. The van der Waals surface area contributed by atoms with Gasteiger partial charge in [-0.25, -0.2) is 5.10 Å². The first kappa shape index (κ1) is 9.63. The van der Waals surface area contributed by atoms with Gasteiger partial charge in [-0.1, -0.05) is 13.8 Å². The van der Waals surface area contributed by atoms with E-state index in [0.29, 0.717) is 11.8 Å². The van der Waals surface area contributed by atoms with Crippen molar-refractivity contribution in [2.45, 2.75) is 38.5 Å². The molecule has 1 saturated carbocycles. The standard InChI is InChI=1S/C12H15N3O/c1-7(2)11-13-14-12(16)10-5-9(6-15(10)11)8-3-4-8/h5-8H,3-4H2,1-2H3,(H,14,16). The highest BCUT2D eigenvalue weighted by Gasteiger charge is 2.25. The lowest BCUT2D eigenvalue weighted by Crippen LogP contribution is -2.15. The van der Waals surface area contributed by atoms with Crippen LogP contribution in [-0.4, -0.2) is 14.6 Å². The van der Waals surface area contributed by atoms with Crippen molar-refractivity contribution in [2.75, 3.05) is 0 Å². The van der Waals surface area contributed by atoms with Crippen LogP contribution in [0.15, 0.2) is 17.1 Å². The molecule has 0 spiro atoms. The molecule has 84 valence electrons. The average Bonchev–Trinajstić information content (AvgIpc) is 2.98. The molecule has 1 aliphatic carbocycles. The molecule has 0 aliphatic heterocycles. The molecule has 2 heterocycles. The van der Waals surface area contributed by atoms with Crippen molar-refractivity contribution in [3.8, 4) is 0 Å². The summed E-state index contributed by atoms with van der Waals surface area (Å²) in [6.07, 6.45) is 4.57. The van der Waals surface area contributed by atoms with E-state index in [0.717, 1.165) is 11.3 Å². The molecule has 3 rings (SSSR count). The fourth-order valence-corrected chi connectivity index (χ4v) is 2.11. The highest BCUT2D eigenvalue weighted by molar-refractivity contribution is 5.50. The largest absolute Gasteiger partial charge is 0.298 e. The monoisotopic (exact) mass is 217 g/mol. The molecule has 4 heteroatoms. The summed E-state index contributed by atoms with van der Waals surface area (Å²) >= 11 is 0. The number of aromatic nitrogens is 3. The van der Waals surface area contributed by atoms with Gasteiger partial charge in [0.05, 0.1) is 0 Å². The van der Waals surface area contributed by atoms with E-state index >= 15 is 0 Å². The van der Waals surface area contributed by atoms with Crippen LogP contribution in [0.3, 0.4) is 0 Å². The molecular formula is C12H15N3O. The van der Waals surface area contributed by atoms with Gasteiger partial charge >= 0.3 is 0 Å². The van der Waals surface area contributed by atoms with Gasteiger partial charge in [0.25, 0.3) is 5.56 Å². The van der Waals surface area contributed by atoms with Gasteiger partial charge in [-0.15, -0.1) is 0 Å². The molecule has 2 aromatic rings. The van der Waals surface area contributed by atoms with Crippen molar-refractivity contribution >= 4 is 5.52 Å². The third kappa shape index (κ3) is 1.37. The molecule has 0 amide bonds. The Hall–Kier alpha value is -1.58. The van der Waals surface area contributed by atoms with Crippen molar-refractivity contribution < 1.29 is 0 Å². The molecule has 1 N–H and O–H groups in total. The fourth-order valence-electron chi connectivity index (χ4n) is 2.11. The number of H-pyrrole nitrogens is 1. The predicted molar refractivity (Wildman–Crippen MR) is 61.9 cm³/mol. The zero-order valence-corrected chi connectivity index (χ0v) is 9.53. The second-order valence-electron chi connectivity index (χ2n) is 4.87. The highest BCUT2D eigenvalue weighted by atomic mass is 16.1. The van der Waals surface area contributed by atoms with E-state index < -0.39 is 0 Å². The quantitative estimate of drug-likeness (QED) is 0.836. The Balaban J connectivity index is 2.29. The van der Waals surface area contributed by atoms with Crippen molar-refractivity contribution in [2.24, 2.45) is 0 Å². The van der Waals surface area contributed by atoms with Crippen LogP contribution in [-0.2, 0) is 0 Å². The van der Waals surface area contributed by atoms with Gasteiger partial charge in [-0.05, 0) is 30.4 Å². The minimum Gasteiger partial charge on any atom is -0.298 e. The molecule has 0 saturated heterocycles. The first-order chi connectivity index (χ1) is 7.66. The molecular weight excluding hydrogens is 202 g/mol. The van der Waals surface area contributed by atoms with E-state index in [1.807, 2.05) is 10.5 Å². The van der Waals surface area contributed by atoms with Gasteiger partial charge in [-0.2, -0.15) is 5.10 Å². The second-order valence-corrected chi connectivity index (χ2v) is 4.87. The summed E-state index contributed by atoms with van der Waals surface area (Å²) in [5.41, 5.74) is 1.90. The van der Waals surface area contributed by atoms with Gasteiger partial charge in [0, 0.05) is 12.1 Å². The Labute approximate surface area is 93.3 Å². The lowest BCUT2D eigenvalue weighted by molar-refractivity contribution is 0.711. The molecule has 0 atom stereocenters. The topological polar surface area (TPSA) is 50.2 Å². The summed E-state index contributed by atoms with van der Waals surface area (Å²) < 4.78 is 1.94. The van der Waals surface area contributed by atoms with Crippen molar-refractivity contribution in [1.82, 2.24) is 14.6 Å². The summed E-state index contributed by atoms with van der Waals surface area (Å²) in [4.78, 5) is 11.7. The maximum atomic E-state index is 11.7. The first-order valence-corrected chi connectivity index (χ1v) is 5.77. The summed E-state index contributed by atoms with van der Waals surface area (Å²) in [5, 5.41) is 6.69. The third-order valence-electron chi connectivity index (χ3n) is 3.16. The Kier molecular flexibility index (Phi) is 1.93. The minimum absolute atomic E-state index is 0.101. The lowest BCUT2D eigenvalue weighted by atomic mass is 10.2. The predicted octanol–water partition coefficient (Wildman–Crippen LogP) is 2.02. The first-order valence-electron chi connectivity index (χ1n) is 5.77. The summed E-state index contributed by atoms with van der Waals surface area (Å²) in [6, 6.07) is 2.00. The summed E-state index contributed by atoms with van der Waals surface area (Å²) in [5.74, 6) is 1.89. The van der Waals surface area contributed by atoms with E-state index in [2.05, 4.69) is 30.2 Å². The van der Waals surface area contributed by atoms with Crippen LogP contribution in [0.5, 0.6) is 0 Å². The Morgan fingerprint density at radius 3 is 2.88 bits per heavy atom. The van der Waals surface area contributed by atoms with E-state index in [4.69, 9.17) is 0 Å². The van der Waals surface area contributed by atoms with Gasteiger partial charge < -0.3 is 0 Å². The zero-order chi connectivity index (χ0) is 11.3. The number of fused-ring (bicyclic) bond motifs is 1. The van der Waals surface area contributed by atoms with E-state index in [-0.39, 0.29) is 5.56 Å². The Bertz CT molecular complexity index is 590. The third-order valence-corrected chi connectivity index (χ3v) is 3.16. The van der Waals surface area contributed by atoms with E-state index in [1.54, 1.807) is 0 Å². The molecule has 0 unspecified atom stereocenters. The molecule has 16 heavy (non-hydrogen) atoms. The normalized spacial score (nSPS) is 16.2. The minimum atomic E-state index is -0.101. The smallest absolute Gasteiger partial charge is 0.288 e. The van der Waals surface area contributed by atoms with Crippen molar-refractivity contribution in [3.63, 3.8) is 0 Å². The fraction of sp³-hybridized carbons (Fsp3) is 0.500. The van der Waals surface area contributed by atoms with Gasteiger partial charge in [-0.3, -0.25) is 9.20 Å². The van der Waals surface area contributed by atoms with Crippen LogP contribution in [0.25, 0.3) is 5.52 Å². The molecule has 0 bridgehead atoms. The number of rotatable bonds is 2. The van der Waals surface area contributed by atoms with Crippen LogP contribution in [0.1, 0.15) is 49.9 Å². The number of hydrogen-bond acceptors (Lipinski definition) is 2. The van der Waals surface area contributed by atoms with Crippen LogP contribution in [0, 0.1) is 0 Å². The molecule has 0 aromatic carbocycles. The van der Waals surface area contributed by atoms with Crippen molar-refractivity contribution in [3.05, 3.63) is 34.0 Å². The Morgan fingerprint density at radius 2 is 2.25 bits per heavy atom. The number of nitrogens with one attached hydrogen (secondary N) is 1. The Morgan fingerprint density at radius 1 is 1.50 bits per heavy atom. The van der Waals surface area contributed by atoms with Crippen LogP contribution < -0.4 is 5.56 Å². The van der Waals surface area contributed by atoms with Crippen LogP contribution in [0.4, 0.5) is 0 Å². The van der Waals surface area contributed by atoms with E-state index in [1.165, 1.54) is 18.4 Å². The molecule has 1 aliphatic rings. The zero-order valence-electron chi connectivity index (χ0n) is 9.53. The van der Waals surface area contributed by atoms with Crippen LogP contribution >= 0.6 is 0 Å². The number of nitrogens with zero attached hydrogens (tertiary/aromatic N) is 2. The maximum Gasteiger partial charge on any atom is 0.288 e. The highest BCUT2D eigenvalue weighted by Crippen LogP contribution is 2.40. The SMILES string of the molecule is CC(C)c1n[nH]c(=O)c2cc(C3CC3)cn12. The lowest BCUT2D eigenvalue weighted by Gasteiger charge is -2.06.